The Kier molecular flexibility index (Phi) is 5.26. The molecule has 104 valence electrons. The summed E-state index contributed by atoms with van der Waals surface area (Å²) in [7, 11) is 0. The zero-order chi connectivity index (χ0) is 13.8. The van der Waals surface area contributed by atoms with Gasteiger partial charge < -0.3 is 5.73 Å². The van der Waals surface area contributed by atoms with Gasteiger partial charge in [-0.3, -0.25) is 4.79 Å². The third-order valence-corrected chi connectivity index (χ3v) is 4.89. The van der Waals surface area contributed by atoms with Gasteiger partial charge in [0.1, 0.15) is 5.78 Å². The molecule has 0 unspecified atom stereocenters. The first-order chi connectivity index (χ1) is 9.11. The first-order valence-electron chi connectivity index (χ1n) is 6.77. The molecule has 2 N–H and O–H groups in total. The largest absolute Gasteiger partial charge is 0.330 e. The van der Waals surface area contributed by atoms with Gasteiger partial charge in [0.15, 0.2) is 0 Å². The van der Waals surface area contributed by atoms with Crippen LogP contribution in [0.5, 0.6) is 0 Å². The normalized spacial score (nSPS) is 23.3. The molecule has 0 aromatic heterocycles. The second-order valence-electron chi connectivity index (χ2n) is 5.31. The number of carbonyl (C=O) groups is 1. The summed E-state index contributed by atoms with van der Waals surface area (Å²) in [4.78, 5) is 12.3. The second kappa shape index (κ2) is 6.74. The molecule has 19 heavy (non-hydrogen) atoms. The summed E-state index contributed by atoms with van der Waals surface area (Å²) in [5.41, 5.74) is 6.50. The number of rotatable bonds is 4. The van der Waals surface area contributed by atoms with Crippen LogP contribution in [0.1, 0.15) is 31.2 Å². The molecule has 0 spiro atoms. The van der Waals surface area contributed by atoms with Crippen LogP contribution in [0.2, 0.25) is 10.0 Å². The van der Waals surface area contributed by atoms with Crippen molar-refractivity contribution in [1.29, 1.82) is 0 Å². The number of hydrogen-bond donors (Lipinski definition) is 1. The van der Waals surface area contributed by atoms with Gasteiger partial charge in [-0.2, -0.15) is 0 Å². The summed E-state index contributed by atoms with van der Waals surface area (Å²) < 4.78 is 0. The van der Waals surface area contributed by atoms with Gasteiger partial charge in [0, 0.05) is 12.3 Å². The van der Waals surface area contributed by atoms with E-state index >= 15 is 0 Å². The van der Waals surface area contributed by atoms with Crippen molar-refractivity contribution in [1.82, 2.24) is 0 Å². The maximum Gasteiger partial charge on any atom is 0.140 e. The first-order valence-corrected chi connectivity index (χ1v) is 7.53. The SMILES string of the molecule is NCC1CCC(C(=O)Cc2cccc(Cl)c2Cl)CC1. The molecule has 4 heteroatoms. The molecule has 0 atom stereocenters. The van der Waals surface area contributed by atoms with Gasteiger partial charge in [0.25, 0.3) is 0 Å². The fraction of sp³-hybridized carbons (Fsp3) is 0.533. The first kappa shape index (κ1) is 14.8. The standard InChI is InChI=1S/C15H19Cl2NO/c16-13-3-1-2-12(15(13)17)8-14(19)11-6-4-10(9-18)5-7-11/h1-3,10-11H,4-9,18H2. The van der Waals surface area contributed by atoms with Crippen molar-refractivity contribution in [2.24, 2.45) is 17.6 Å². The van der Waals surface area contributed by atoms with E-state index < -0.39 is 0 Å². The fourth-order valence-corrected chi connectivity index (χ4v) is 3.12. The minimum Gasteiger partial charge on any atom is -0.330 e. The van der Waals surface area contributed by atoms with E-state index in [1.54, 1.807) is 6.07 Å². The zero-order valence-electron chi connectivity index (χ0n) is 10.9. The number of benzene rings is 1. The number of halogens is 2. The van der Waals surface area contributed by atoms with E-state index in [1.807, 2.05) is 12.1 Å². The Morgan fingerprint density at radius 3 is 2.53 bits per heavy atom. The Balaban J connectivity index is 1.96. The van der Waals surface area contributed by atoms with Crippen LogP contribution in [-0.4, -0.2) is 12.3 Å². The van der Waals surface area contributed by atoms with Crippen LogP contribution in [0.25, 0.3) is 0 Å². The lowest BCUT2D eigenvalue weighted by molar-refractivity contribution is -0.123. The summed E-state index contributed by atoms with van der Waals surface area (Å²) >= 11 is 12.1. The van der Waals surface area contributed by atoms with E-state index in [4.69, 9.17) is 28.9 Å². The highest BCUT2D eigenvalue weighted by molar-refractivity contribution is 6.42. The predicted octanol–water partition coefficient (Wildman–Crippen LogP) is 3.87. The van der Waals surface area contributed by atoms with Crippen LogP contribution in [0.3, 0.4) is 0 Å². The molecular formula is C15H19Cl2NO. The molecule has 0 bridgehead atoms. The quantitative estimate of drug-likeness (QED) is 0.917. The zero-order valence-corrected chi connectivity index (χ0v) is 12.4. The van der Waals surface area contributed by atoms with Gasteiger partial charge in [-0.05, 0) is 49.8 Å². The highest BCUT2D eigenvalue weighted by atomic mass is 35.5. The molecule has 0 aliphatic heterocycles. The monoisotopic (exact) mass is 299 g/mol. The molecule has 2 rings (SSSR count). The lowest BCUT2D eigenvalue weighted by Gasteiger charge is -2.26. The van der Waals surface area contributed by atoms with E-state index in [0.29, 0.717) is 22.4 Å². The molecule has 0 amide bonds. The van der Waals surface area contributed by atoms with E-state index in [0.717, 1.165) is 37.8 Å². The molecule has 1 aliphatic carbocycles. The number of Topliss-reactive ketones (excluding diaryl/α,β-unsaturated/α-hetero) is 1. The van der Waals surface area contributed by atoms with Gasteiger partial charge in [0.2, 0.25) is 0 Å². The molecule has 0 heterocycles. The van der Waals surface area contributed by atoms with Crippen LogP contribution >= 0.6 is 23.2 Å². The maximum absolute atomic E-state index is 12.3. The van der Waals surface area contributed by atoms with E-state index in [-0.39, 0.29) is 11.7 Å². The van der Waals surface area contributed by atoms with Crippen LogP contribution in [0, 0.1) is 11.8 Å². The number of carbonyl (C=O) groups excluding carboxylic acids is 1. The van der Waals surface area contributed by atoms with Crippen molar-refractivity contribution in [2.45, 2.75) is 32.1 Å². The van der Waals surface area contributed by atoms with Crippen LogP contribution in [-0.2, 0) is 11.2 Å². The van der Waals surface area contributed by atoms with Crippen LogP contribution in [0.4, 0.5) is 0 Å². The molecule has 0 radical (unpaired) electrons. The molecule has 1 aliphatic rings. The predicted molar refractivity (Wildman–Crippen MR) is 79.7 cm³/mol. The van der Waals surface area contributed by atoms with E-state index in [1.165, 1.54) is 0 Å². The van der Waals surface area contributed by atoms with Crippen LogP contribution < -0.4 is 5.73 Å². The third-order valence-electron chi connectivity index (χ3n) is 4.03. The maximum atomic E-state index is 12.3. The Bertz CT molecular complexity index is 453. The fourth-order valence-electron chi connectivity index (χ4n) is 2.74. The Labute approximate surface area is 124 Å². The molecule has 2 nitrogen and oxygen atoms in total. The van der Waals surface area contributed by atoms with Crippen molar-refractivity contribution in [3.8, 4) is 0 Å². The van der Waals surface area contributed by atoms with Gasteiger partial charge in [0.05, 0.1) is 10.0 Å². The summed E-state index contributed by atoms with van der Waals surface area (Å²) in [5, 5.41) is 1.02. The molecular weight excluding hydrogens is 281 g/mol. The van der Waals surface area contributed by atoms with Gasteiger partial charge >= 0.3 is 0 Å². The minimum absolute atomic E-state index is 0.165. The van der Waals surface area contributed by atoms with Crippen LogP contribution in [0.15, 0.2) is 18.2 Å². The summed E-state index contributed by atoms with van der Waals surface area (Å²) in [6.45, 7) is 0.737. The second-order valence-corrected chi connectivity index (χ2v) is 6.09. The Hall–Kier alpha value is -0.570. The topological polar surface area (TPSA) is 43.1 Å². The average Bonchev–Trinajstić information content (AvgIpc) is 2.44. The summed E-state index contributed by atoms with van der Waals surface area (Å²) in [6, 6.07) is 5.45. The number of hydrogen-bond acceptors (Lipinski definition) is 2. The molecule has 1 saturated carbocycles. The van der Waals surface area contributed by atoms with Gasteiger partial charge in [-0.1, -0.05) is 35.3 Å². The smallest absolute Gasteiger partial charge is 0.140 e. The summed E-state index contributed by atoms with van der Waals surface area (Å²) in [6.07, 6.45) is 4.43. The van der Waals surface area contributed by atoms with E-state index in [9.17, 15) is 4.79 Å². The Morgan fingerprint density at radius 1 is 1.21 bits per heavy atom. The highest BCUT2D eigenvalue weighted by Gasteiger charge is 2.25. The third kappa shape index (κ3) is 3.71. The van der Waals surface area contributed by atoms with Gasteiger partial charge in [-0.25, -0.2) is 0 Å². The summed E-state index contributed by atoms with van der Waals surface area (Å²) in [5.74, 6) is 1.04. The van der Waals surface area contributed by atoms with E-state index in [2.05, 4.69) is 0 Å². The highest BCUT2D eigenvalue weighted by Crippen LogP contribution is 2.31. The molecule has 1 fully saturated rings. The number of nitrogens with two attached hydrogens (primary N) is 1. The minimum atomic E-state index is 0.165. The number of ketones is 1. The van der Waals surface area contributed by atoms with Crippen molar-refractivity contribution < 1.29 is 4.79 Å². The molecule has 1 aromatic carbocycles. The molecule has 0 saturated heterocycles. The lowest BCUT2D eigenvalue weighted by atomic mass is 9.79. The Morgan fingerprint density at radius 2 is 1.89 bits per heavy atom. The van der Waals surface area contributed by atoms with Crippen molar-refractivity contribution in [3.05, 3.63) is 33.8 Å². The van der Waals surface area contributed by atoms with Crippen molar-refractivity contribution >= 4 is 29.0 Å². The average molecular weight is 300 g/mol. The van der Waals surface area contributed by atoms with Crippen molar-refractivity contribution in [2.75, 3.05) is 6.54 Å². The van der Waals surface area contributed by atoms with Crippen molar-refractivity contribution in [3.63, 3.8) is 0 Å². The molecule has 1 aromatic rings. The van der Waals surface area contributed by atoms with Gasteiger partial charge in [-0.15, -0.1) is 0 Å². The lowest BCUT2D eigenvalue weighted by Crippen LogP contribution is -2.26.